The molecule has 0 aliphatic heterocycles. The number of nitriles is 1. The van der Waals surface area contributed by atoms with Crippen molar-refractivity contribution in [1.82, 2.24) is 39.0 Å². The standard InChI is InChI=1S/C58H33Cl2N9O5/c1-74-54-34(24-61)20-36(28-65-54)40-13-7-15-46(60)52(40)32-17-19-44-48(23-32)67-58(73)69(56(44)71)50-30-64-53(42-11-5-4-10-41(42)50)37-21-35(26-62-27-37)39-12-6-14-45(59)51(39)31-16-18-43-47(22-31)66-57(72)68(55(43)70)49-29-63-25-33-8-2-3-9-38(33)49/h2-23,25-30H,1H3,(H,66,72)(H,67,73). The van der Waals surface area contributed by atoms with Gasteiger partial charge in [0.05, 0.1) is 58.4 Å². The molecular weight excluding hydrogens is 974 g/mol. The first-order valence-electron chi connectivity index (χ1n) is 22.9. The molecule has 0 aliphatic carbocycles. The molecule has 2 N–H and O–H groups in total. The minimum absolute atomic E-state index is 0.194. The van der Waals surface area contributed by atoms with Crippen LogP contribution in [-0.4, -0.2) is 46.1 Å². The molecule has 0 saturated carbocycles. The Morgan fingerprint density at radius 3 is 1.69 bits per heavy atom. The lowest BCUT2D eigenvalue weighted by Crippen LogP contribution is -2.33. The van der Waals surface area contributed by atoms with E-state index in [9.17, 15) is 24.4 Å². The highest BCUT2D eigenvalue weighted by Crippen LogP contribution is 2.41. The predicted octanol–water partition coefficient (Wildman–Crippen LogP) is 11.1. The summed E-state index contributed by atoms with van der Waals surface area (Å²) < 4.78 is 7.43. The minimum Gasteiger partial charge on any atom is -0.480 e. The smallest absolute Gasteiger partial charge is 0.333 e. The summed E-state index contributed by atoms with van der Waals surface area (Å²) in [6.07, 6.45) is 9.67. The highest BCUT2D eigenvalue weighted by Gasteiger charge is 2.21. The molecular formula is C58H33Cl2N9O5. The molecule has 12 rings (SSSR count). The summed E-state index contributed by atoms with van der Waals surface area (Å²) in [6.45, 7) is 0. The van der Waals surface area contributed by atoms with Gasteiger partial charge in [0, 0.05) is 84.2 Å². The fraction of sp³-hybridized carbons (Fsp3) is 0.0172. The summed E-state index contributed by atoms with van der Waals surface area (Å²) in [7, 11) is 1.44. The third-order valence-electron chi connectivity index (χ3n) is 13.1. The zero-order chi connectivity index (χ0) is 50.8. The number of aromatic amines is 2. The summed E-state index contributed by atoms with van der Waals surface area (Å²) in [5.41, 5.74) is 5.58. The molecule has 74 heavy (non-hydrogen) atoms. The maximum Gasteiger partial charge on any atom is 0.333 e. The van der Waals surface area contributed by atoms with Crippen LogP contribution in [0.5, 0.6) is 5.88 Å². The number of hydrogen-bond donors (Lipinski definition) is 2. The van der Waals surface area contributed by atoms with Gasteiger partial charge >= 0.3 is 11.4 Å². The van der Waals surface area contributed by atoms with Crippen molar-refractivity contribution in [2.45, 2.75) is 0 Å². The van der Waals surface area contributed by atoms with E-state index in [2.05, 4.69) is 31.0 Å². The van der Waals surface area contributed by atoms with Crippen molar-refractivity contribution in [2.24, 2.45) is 0 Å². The van der Waals surface area contributed by atoms with E-state index in [1.54, 1.807) is 85.5 Å². The van der Waals surface area contributed by atoms with E-state index in [-0.39, 0.29) is 28.0 Å². The Bertz CT molecular complexity index is 4650. The number of aromatic nitrogens is 8. The van der Waals surface area contributed by atoms with Gasteiger partial charge in [-0.15, -0.1) is 0 Å². The van der Waals surface area contributed by atoms with Gasteiger partial charge in [-0.2, -0.15) is 5.26 Å². The predicted molar refractivity (Wildman–Crippen MR) is 289 cm³/mol. The van der Waals surface area contributed by atoms with E-state index in [1.807, 2.05) is 72.8 Å². The number of benzene rings is 6. The summed E-state index contributed by atoms with van der Waals surface area (Å²) in [4.78, 5) is 80.2. The van der Waals surface area contributed by atoms with Crippen molar-refractivity contribution in [3.05, 3.63) is 228 Å². The monoisotopic (exact) mass is 1010 g/mol. The number of methoxy groups -OCH3 is 1. The van der Waals surface area contributed by atoms with Gasteiger partial charge in [-0.05, 0) is 70.8 Å². The summed E-state index contributed by atoms with van der Waals surface area (Å²) in [5.74, 6) is 0.194. The van der Waals surface area contributed by atoms with Crippen molar-refractivity contribution in [1.29, 1.82) is 5.26 Å². The first-order chi connectivity index (χ1) is 36.1. The van der Waals surface area contributed by atoms with Crippen LogP contribution in [0.1, 0.15) is 5.56 Å². The molecule has 0 aliphatic rings. The van der Waals surface area contributed by atoms with Gasteiger partial charge in [-0.3, -0.25) is 24.5 Å². The Morgan fingerprint density at radius 1 is 0.514 bits per heavy atom. The maximum atomic E-state index is 14.5. The molecule has 354 valence electrons. The fourth-order valence-corrected chi connectivity index (χ4v) is 10.3. The van der Waals surface area contributed by atoms with Gasteiger partial charge in [0.1, 0.15) is 11.6 Å². The van der Waals surface area contributed by atoms with Gasteiger partial charge in [0.2, 0.25) is 5.88 Å². The quantitative estimate of drug-likeness (QED) is 0.148. The number of pyridine rings is 4. The summed E-state index contributed by atoms with van der Waals surface area (Å²) in [6, 6.07) is 41.7. The number of nitrogens with one attached hydrogen (secondary N) is 2. The van der Waals surface area contributed by atoms with Crippen molar-refractivity contribution >= 4 is 66.6 Å². The Labute approximate surface area is 427 Å². The Balaban J connectivity index is 0.914. The normalized spacial score (nSPS) is 11.4. The van der Waals surface area contributed by atoms with E-state index >= 15 is 0 Å². The van der Waals surface area contributed by atoms with Crippen LogP contribution in [0.2, 0.25) is 10.0 Å². The van der Waals surface area contributed by atoms with Crippen LogP contribution in [-0.2, 0) is 0 Å². The first-order valence-corrected chi connectivity index (χ1v) is 23.6. The molecule has 6 heterocycles. The van der Waals surface area contributed by atoms with Crippen molar-refractivity contribution < 1.29 is 4.74 Å². The molecule has 14 nitrogen and oxygen atoms in total. The molecule has 0 unspecified atom stereocenters. The molecule has 16 heteroatoms. The topological polar surface area (TPSA) is 194 Å². The second kappa shape index (κ2) is 18.1. The van der Waals surface area contributed by atoms with Gasteiger partial charge in [-0.1, -0.05) is 108 Å². The minimum atomic E-state index is -0.681. The van der Waals surface area contributed by atoms with Crippen LogP contribution in [0, 0.1) is 11.3 Å². The van der Waals surface area contributed by atoms with E-state index in [4.69, 9.17) is 32.9 Å². The molecule has 6 aromatic carbocycles. The van der Waals surface area contributed by atoms with Crippen LogP contribution in [0.25, 0.3) is 110 Å². The number of fused-ring (bicyclic) bond motifs is 4. The second-order valence-electron chi connectivity index (χ2n) is 17.3. The van der Waals surface area contributed by atoms with Crippen LogP contribution in [0.4, 0.5) is 0 Å². The van der Waals surface area contributed by atoms with Crippen molar-refractivity contribution in [2.75, 3.05) is 7.11 Å². The SMILES string of the molecule is COc1ncc(-c2cccc(Cl)c2-c2ccc3c(=O)n(-c4cnc(-c5cncc(-c6cccc(Cl)c6-c6ccc7c(=O)n(-c8cncc9ccccc89)c(=O)[nH]c7c6)c5)c5ccccc45)c(=O)[nH]c3c2)cc1C#N. The van der Waals surface area contributed by atoms with E-state index in [0.29, 0.717) is 93.0 Å². The number of rotatable bonds is 8. The van der Waals surface area contributed by atoms with Crippen molar-refractivity contribution in [3.8, 4) is 79.1 Å². The molecule has 0 fully saturated rings. The molecule has 0 atom stereocenters. The van der Waals surface area contributed by atoms with E-state index in [1.165, 1.54) is 19.5 Å². The molecule has 0 bridgehead atoms. The summed E-state index contributed by atoms with van der Waals surface area (Å²) in [5, 5.41) is 13.9. The number of ether oxygens (including phenoxy) is 1. The van der Waals surface area contributed by atoms with Gasteiger partial charge < -0.3 is 14.7 Å². The van der Waals surface area contributed by atoms with Gasteiger partial charge in [0.25, 0.3) is 11.1 Å². The average molecular weight is 1010 g/mol. The summed E-state index contributed by atoms with van der Waals surface area (Å²) >= 11 is 13.8. The van der Waals surface area contributed by atoms with Crippen LogP contribution in [0.3, 0.4) is 0 Å². The molecule has 12 aromatic rings. The molecule has 0 radical (unpaired) electrons. The number of H-pyrrole nitrogens is 2. The Kier molecular flexibility index (Phi) is 11.1. The lowest BCUT2D eigenvalue weighted by Gasteiger charge is -2.16. The molecule has 6 aromatic heterocycles. The Hall–Kier alpha value is -9.81. The van der Waals surface area contributed by atoms with E-state index < -0.39 is 22.5 Å². The highest BCUT2D eigenvalue weighted by molar-refractivity contribution is 6.34. The average Bonchev–Trinajstić information content (AvgIpc) is 3.43. The zero-order valence-corrected chi connectivity index (χ0v) is 40.1. The molecule has 0 amide bonds. The number of halogens is 2. The molecule has 0 saturated heterocycles. The largest absolute Gasteiger partial charge is 0.480 e. The second-order valence-corrected chi connectivity index (χ2v) is 18.1. The zero-order valence-electron chi connectivity index (χ0n) is 38.6. The third kappa shape index (κ3) is 7.50. The maximum absolute atomic E-state index is 14.5. The lowest BCUT2D eigenvalue weighted by atomic mass is 9.93. The van der Waals surface area contributed by atoms with Gasteiger partial charge in [0.15, 0.2) is 0 Å². The first kappa shape index (κ1) is 45.3. The number of hydrogen-bond acceptors (Lipinski definition) is 10. The Morgan fingerprint density at radius 2 is 1.07 bits per heavy atom. The van der Waals surface area contributed by atoms with Crippen LogP contribution >= 0.6 is 23.2 Å². The lowest BCUT2D eigenvalue weighted by molar-refractivity contribution is 0.396. The van der Waals surface area contributed by atoms with E-state index in [0.717, 1.165) is 20.1 Å². The third-order valence-corrected chi connectivity index (χ3v) is 13.7. The fourth-order valence-electron chi connectivity index (χ4n) is 9.72. The number of nitrogens with zero attached hydrogens (tertiary/aromatic N) is 7. The van der Waals surface area contributed by atoms with Gasteiger partial charge in [-0.25, -0.2) is 23.7 Å². The molecule has 0 spiro atoms. The van der Waals surface area contributed by atoms with Crippen LogP contribution in [0.15, 0.2) is 190 Å². The van der Waals surface area contributed by atoms with Crippen molar-refractivity contribution in [3.63, 3.8) is 0 Å². The highest BCUT2D eigenvalue weighted by atomic mass is 35.5. The van der Waals surface area contributed by atoms with Crippen LogP contribution < -0.4 is 27.2 Å².